The van der Waals surface area contributed by atoms with Crippen LogP contribution in [-0.2, 0) is 9.40 Å². The lowest BCUT2D eigenvalue weighted by molar-refractivity contribution is -0.102. The smallest absolute Gasteiger partial charge is 0.303 e. The highest BCUT2D eigenvalue weighted by Gasteiger charge is 2.23. The molecule has 0 saturated heterocycles. The van der Waals surface area contributed by atoms with Crippen molar-refractivity contribution in [3.05, 3.63) is 23.4 Å². The van der Waals surface area contributed by atoms with Gasteiger partial charge in [0, 0.05) is 11.6 Å². The van der Waals surface area contributed by atoms with E-state index in [4.69, 9.17) is 24.1 Å². The molecular weight excluding hydrogens is 281 g/mol. The Kier molecular flexibility index (Phi) is 6.92. The molecule has 6 nitrogen and oxygen atoms in total. The minimum Gasteiger partial charge on any atom is -0.303 e. The van der Waals surface area contributed by atoms with Crippen molar-refractivity contribution in [3.63, 3.8) is 0 Å². The lowest BCUT2D eigenvalue weighted by atomic mass is 9.85. The predicted molar refractivity (Wildman–Crippen MR) is 76.4 cm³/mol. The minimum atomic E-state index is -4.64. The topological polar surface area (TPSA) is 90.2 Å². The molecule has 0 aromatic rings. The first-order valence-corrected chi connectivity index (χ1v) is 8.36. The lowest BCUT2D eigenvalue weighted by Crippen LogP contribution is -2.30. The van der Waals surface area contributed by atoms with Crippen LogP contribution < -0.4 is 0 Å². The summed E-state index contributed by atoms with van der Waals surface area (Å²) in [5.74, 6) is 0.724. The highest BCUT2D eigenvalue weighted by Crippen LogP contribution is 2.33. The summed E-state index contributed by atoms with van der Waals surface area (Å²) >= 11 is 0. The van der Waals surface area contributed by atoms with Crippen LogP contribution in [0.3, 0.4) is 0 Å². The highest BCUT2D eigenvalue weighted by atomic mass is 31.2. The number of nitrogens with zero attached hydrogens (tertiary/aromatic N) is 1. The standard InChI is InChI=1S/C13H21NO.H3O4P/c1-11-8-9-14(15-2)13(10-11)12-6-4-3-5-7-12;1-5(2,3)4/h8,10,12H,3-7,9H2,1-2H3;(H3,1,2,3,4). The summed E-state index contributed by atoms with van der Waals surface area (Å²) in [6, 6.07) is 0. The summed E-state index contributed by atoms with van der Waals surface area (Å²) in [6.07, 6.45) is 11.3. The van der Waals surface area contributed by atoms with Crippen LogP contribution in [0.25, 0.3) is 0 Å². The first-order valence-electron chi connectivity index (χ1n) is 6.79. The Balaban J connectivity index is 0.000000347. The molecule has 1 heterocycles. The maximum atomic E-state index is 8.88. The average molecular weight is 305 g/mol. The Morgan fingerprint density at radius 3 is 2.30 bits per heavy atom. The fraction of sp³-hybridized carbons (Fsp3) is 0.692. The van der Waals surface area contributed by atoms with Crippen molar-refractivity contribution in [1.29, 1.82) is 0 Å². The van der Waals surface area contributed by atoms with Gasteiger partial charge in [-0.05, 0) is 25.8 Å². The van der Waals surface area contributed by atoms with E-state index in [1.165, 1.54) is 43.4 Å². The normalized spacial score (nSPS) is 20.8. The second-order valence-corrected chi connectivity index (χ2v) is 6.14. The van der Waals surface area contributed by atoms with E-state index < -0.39 is 7.82 Å². The quantitative estimate of drug-likeness (QED) is 0.678. The van der Waals surface area contributed by atoms with Gasteiger partial charge < -0.3 is 14.7 Å². The lowest BCUT2D eigenvalue weighted by Gasteiger charge is -2.34. The van der Waals surface area contributed by atoms with Gasteiger partial charge >= 0.3 is 7.82 Å². The van der Waals surface area contributed by atoms with E-state index in [0.717, 1.165) is 12.5 Å². The number of allylic oxidation sites excluding steroid dienone is 3. The predicted octanol–water partition coefficient (Wildman–Crippen LogP) is 2.35. The van der Waals surface area contributed by atoms with Gasteiger partial charge in [-0.2, -0.15) is 0 Å². The van der Waals surface area contributed by atoms with Gasteiger partial charge in [0.25, 0.3) is 0 Å². The Morgan fingerprint density at radius 1 is 1.25 bits per heavy atom. The van der Waals surface area contributed by atoms with Crippen LogP contribution in [0, 0.1) is 5.92 Å². The summed E-state index contributed by atoms with van der Waals surface area (Å²) in [5, 5.41) is 2.04. The maximum absolute atomic E-state index is 8.88. The van der Waals surface area contributed by atoms with Gasteiger partial charge in [-0.3, -0.25) is 9.90 Å². The Bertz CT molecular complexity index is 401. The molecule has 0 spiro atoms. The van der Waals surface area contributed by atoms with E-state index >= 15 is 0 Å². The highest BCUT2D eigenvalue weighted by molar-refractivity contribution is 7.45. The minimum absolute atomic E-state index is 0.724. The van der Waals surface area contributed by atoms with Crippen molar-refractivity contribution in [3.8, 4) is 0 Å². The molecule has 7 heteroatoms. The first-order chi connectivity index (χ1) is 9.31. The van der Waals surface area contributed by atoms with Gasteiger partial charge in [0.15, 0.2) is 0 Å². The molecule has 1 fully saturated rings. The zero-order valence-electron chi connectivity index (χ0n) is 12.0. The second-order valence-electron chi connectivity index (χ2n) is 5.11. The molecule has 20 heavy (non-hydrogen) atoms. The van der Waals surface area contributed by atoms with Crippen LogP contribution in [0.15, 0.2) is 23.4 Å². The molecular formula is C13H24NO5P. The Labute approximate surface area is 119 Å². The van der Waals surface area contributed by atoms with E-state index in [-0.39, 0.29) is 0 Å². The summed E-state index contributed by atoms with van der Waals surface area (Å²) < 4.78 is 8.88. The van der Waals surface area contributed by atoms with Crippen LogP contribution in [0.5, 0.6) is 0 Å². The van der Waals surface area contributed by atoms with Gasteiger partial charge in [0.05, 0.1) is 13.7 Å². The van der Waals surface area contributed by atoms with Crippen LogP contribution in [0.1, 0.15) is 39.0 Å². The van der Waals surface area contributed by atoms with Gasteiger partial charge in [-0.15, -0.1) is 0 Å². The largest absolute Gasteiger partial charge is 0.466 e. The molecule has 116 valence electrons. The van der Waals surface area contributed by atoms with Crippen molar-refractivity contribution in [2.24, 2.45) is 5.92 Å². The van der Waals surface area contributed by atoms with Crippen molar-refractivity contribution in [2.45, 2.75) is 39.0 Å². The number of hydrogen-bond donors (Lipinski definition) is 3. The van der Waals surface area contributed by atoms with Gasteiger partial charge in [-0.25, -0.2) is 4.57 Å². The summed E-state index contributed by atoms with van der Waals surface area (Å²) in [5.41, 5.74) is 2.78. The summed E-state index contributed by atoms with van der Waals surface area (Å²) in [7, 11) is -2.87. The Hall–Kier alpha value is -0.650. The van der Waals surface area contributed by atoms with Gasteiger partial charge in [-0.1, -0.05) is 30.9 Å². The van der Waals surface area contributed by atoms with Gasteiger partial charge in [0.2, 0.25) is 0 Å². The van der Waals surface area contributed by atoms with Gasteiger partial charge in [0.1, 0.15) is 0 Å². The molecule has 0 radical (unpaired) electrons. The van der Waals surface area contributed by atoms with E-state index in [9.17, 15) is 0 Å². The van der Waals surface area contributed by atoms with Crippen molar-refractivity contribution < 1.29 is 24.1 Å². The van der Waals surface area contributed by atoms with E-state index in [1.807, 2.05) is 5.06 Å². The Morgan fingerprint density at radius 2 is 1.80 bits per heavy atom. The number of phosphoric acid groups is 1. The molecule has 0 bridgehead atoms. The van der Waals surface area contributed by atoms with Crippen molar-refractivity contribution in [2.75, 3.05) is 13.7 Å². The second kappa shape index (κ2) is 7.96. The molecule has 0 aromatic heterocycles. The van der Waals surface area contributed by atoms with E-state index in [0.29, 0.717) is 0 Å². The summed E-state index contributed by atoms with van der Waals surface area (Å²) in [4.78, 5) is 27.0. The molecule has 1 aliphatic heterocycles. The fourth-order valence-electron chi connectivity index (χ4n) is 2.60. The fourth-order valence-corrected chi connectivity index (χ4v) is 2.60. The molecule has 0 atom stereocenters. The van der Waals surface area contributed by atoms with Crippen LogP contribution >= 0.6 is 7.82 Å². The van der Waals surface area contributed by atoms with E-state index in [1.54, 1.807) is 7.11 Å². The molecule has 3 N–H and O–H groups in total. The molecule has 0 aromatic carbocycles. The molecule has 1 saturated carbocycles. The van der Waals surface area contributed by atoms with Crippen LogP contribution in [0.4, 0.5) is 0 Å². The van der Waals surface area contributed by atoms with Crippen LogP contribution in [0.2, 0.25) is 0 Å². The number of rotatable bonds is 2. The van der Waals surface area contributed by atoms with Crippen molar-refractivity contribution >= 4 is 7.82 Å². The third kappa shape index (κ3) is 6.68. The molecule has 1 aliphatic carbocycles. The average Bonchev–Trinajstić information content (AvgIpc) is 2.38. The molecule has 0 unspecified atom stereocenters. The SMILES string of the molecule is CON1CC=C(C)C=C1C1CCCCC1.O=P(O)(O)O. The summed E-state index contributed by atoms with van der Waals surface area (Å²) in [6.45, 7) is 3.08. The number of hydrogen-bond acceptors (Lipinski definition) is 3. The zero-order chi connectivity index (χ0) is 15.2. The van der Waals surface area contributed by atoms with Crippen LogP contribution in [-0.4, -0.2) is 33.4 Å². The first kappa shape index (κ1) is 17.4. The molecule has 0 amide bonds. The maximum Gasteiger partial charge on any atom is 0.466 e. The molecule has 2 rings (SSSR count). The third-order valence-corrected chi connectivity index (χ3v) is 3.49. The third-order valence-electron chi connectivity index (χ3n) is 3.49. The zero-order valence-corrected chi connectivity index (χ0v) is 12.9. The van der Waals surface area contributed by atoms with E-state index in [2.05, 4.69) is 19.1 Å². The van der Waals surface area contributed by atoms with Crippen molar-refractivity contribution in [1.82, 2.24) is 5.06 Å². The monoisotopic (exact) mass is 305 g/mol. The number of hydroxylamine groups is 2. The molecule has 2 aliphatic rings.